The van der Waals surface area contributed by atoms with Crippen LogP contribution in [0.3, 0.4) is 0 Å². The normalized spacial score (nSPS) is 19.2. The minimum atomic E-state index is -4.86. The minimum Gasteiger partial charge on any atom is -0.495 e. The van der Waals surface area contributed by atoms with Crippen LogP contribution in [0.1, 0.15) is 128 Å². The number of hydrogen-bond acceptors (Lipinski definition) is 17. The summed E-state index contributed by atoms with van der Waals surface area (Å²) in [4.78, 5) is 46.2. The molecule has 4 aliphatic rings. The molecule has 2 saturated carbocycles. The van der Waals surface area contributed by atoms with Gasteiger partial charge in [0.1, 0.15) is 34.3 Å². The molecule has 2 aliphatic carbocycles. The van der Waals surface area contributed by atoms with E-state index in [1.807, 2.05) is 12.1 Å². The Bertz CT molecular complexity index is 3220. The first-order valence-electron chi connectivity index (χ1n) is 26.4. The standard InChI is InChI=1S/C56H59F6N10O9P.ClH/c1-71-25-37-35(31-7-11-33(73)12-8-31)15-19-43(47(37)51(71)75)65-49-39(55(57,58)59)23-63-53(69-49)67-41-17-5-29(21-45(41)78-3)27-80-82(77)81-28-30-6-18-42(46(22-30)79-4)68-54-64-24-40(56(60,61)62)50(70-54)66-44-20-16-36(32-9-13-34(74)14-10-32)38-26-72(2)52(76)48(38)44;/h5-6,15-24,31-34,73-74,82H,7-14,25-28H2,1-4H3,(H2,63,65,67,69)(H2,64,66,68,70);1H. The molecule has 0 spiro atoms. The summed E-state index contributed by atoms with van der Waals surface area (Å²) in [5.74, 6) is -1.72. The van der Waals surface area contributed by atoms with Gasteiger partial charge in [0.25, 0.3) is 11.8 Å². The maximum atomic E-state index is 14.4. The molecule has 0 atom stereocenters. The average molecular weight is 1200 g/mol. The molecule has 27 heteroatoms. The van der Waals surface area contributed by atoms with Gasteiger partial charge in [-0.2, -0.15) is 36.3 Å². The van der Waals surface area contributed by atoms with Crippen molar-refractivity contribution in [2.75, 3.05) is 49.6 Å². The van der Waals surface area contributed by atoms with Crippen molar-refractivity contribution in [1.29, 1.82) is 0 Å². The topological polar surface area (TPSA) is 235 Å². The van der Waals surface area contributed by atoms with Gasteiger partial charge in [0.15, 0.2) is 0 Å². The Kier molecular flexibility index (Phi) is 18.1. The zero-order valence-corrected chi connectivity index (χ0v) is 47.2. The lowest BCUT2D eigenvalue weighted by Crippen LogP contribution is -2.18. The molecule has 10 rings (SSSR count). The highest BCUT2D eigenvalue weighted by Crippen LogP contribution is 2.46. The van der Waals surface area contributed by atoms with Crippen LogP contribution in [0.25, 0.3) is 0 Å². The summed E-state index contributed by atoms with van der Waals surface area (Å²) in [6.07, 6.45) is -3.89. The number of aliphatic hydroxyl groups excluding tert-OH is 2. The number of ether oxygens (including phenoxy) is 2. The highest BCUT2D eigenvalue weighted by atomic mass is 35.5. The predicted octanol–water partition coefficient (Wildman–Crippen LogP) is 12.0. The van der Waals surface area contributed by atoms with Gasteiger partial charge in [0, 0.05) is 39.6 Å². The fourth-order valence-corrected chi connectivity index (χ4v) is 11.7. The van der Waals surface area contributed by atoms with Gasteiger partial charge in [-0.05, 0) is 133 Å². The van der Waals surface area contributed by atoms with Gasteiger partial charge >= 0.3 is 20.6 Å². The van der Waals surface area contributed by atoms with Crippen LogP contribution in [0.2, 0.25) is 0 Å². The van der Waals surface area contributed by atoms with Crippen LogP contribution < -0.4 is 30.7 Å². The van der Waals surface area contributed by atoms with Gasteiger partial charge in [-0.15, -0.1) is 12.4 Å². The Morgan fingerprint density at radius 2 is 0.952 bits per heavy atom. The predicted molar refractivity (Wildman–Crippen MR) is 298 cm³/mol. The summed E-state index contributed by atoms with van der Waals surface area (Å²) in [7, 11) is 2.85. The smallest absolute Gasteiger partial charge is 0.421 e. The maximum Gasteiger partial charge on any atom is 0.421 e. The Morgan fingerprint density at radius 3 is 1.31 bits per heavy atom. The maximum absolute atomic E-state index is 14.4. The summed E-state index contributed by atoms with van der Waals surface area (Å²) in [5, 5.41) is 31.5. The summed E-state index contributed by atoms with van der Waals surface area (Å²) in [6, 6.07) is 16.2. The van der Waals surface area contributed by atoms with E-state index in [0.717, 1.165) is 47.9 Å². The van der Waals surface area contributed by atoms with Crippen molar-refractivity contribution in [3.63, 3.8) is 0 Å². The number of fused-ring (bicyclic) bond motifs is 2. The van der Waals surface area contributed by atoms with Gasteiger partial charge in [-0.3, -0.25) is 14.2 Å². The second-order valence-corrected chi connectivity index (χ2v) is 21.8. The Hall–Kier alpha value is -7.28. The summed E-state index contributed by atoms with van der Waals surface area (Å²) < 4.78 is 122. The van der Waals surface area contributed by atoms with Gasteiger partial charge < -0.3 is 59.8 Å². The number of amides is 2. The number of aromatic nitrogens is 4. The summed E-state index contributed by atoms with van der Waals surface area (Å²) in [5.41, 5.74) is 3.33. The first-order chi connectivity index (χ1) is 39.1. The van der Waals surface area contributed by atoms with Crippen LogP contribution >= 0.6 is 20.7 Å². The molecule has 4 aromatic carbocycles. The van der Waals surface area contributed by atoms with Gasteiger partial charge in [-0.1, -0.05) is 24.3 Å². The first kappa shape index (κ1) is 60.3. The second-order valence-electron chi connectivity index (χ2n) is 20.7. The SMILES string of the molecule is COc1cc(CO[PH](=O)OCc2ccc(Nc3ncc(C(F)(F)F)c(Nc4ccc(C5CCC(O)CC5)c5c4C(=O)N(C)C5)n3)c(OC)c2)ccc1Nc1ncc(C(F)(F)F)c(Nc2ccc(C3CCC(O)CC3)c3c2C(=O)N(C)C3)n1.Cl. The lowest BCUT2D eigenvalue weighted by atomic mass is 9.80. The van der Waals surface area contributed by atoms with Crippen molar-refractivity contribution < 1.29 is 69.2 Å². The number of aliphatic hydroxyl groups is 2. The third kappa shape index (κ3) is 13.2. The molecular formula is C56H60ClF6N10O9P. The van der Waals surface area contributed by atoms with Gasteiger partial charge in [0.05, 0.1) is 73.5 Å². The van der Waals surface area contributed by atoms with E-state index in [1.165, 1.54) is 24.0 Å². The quantitative estimate of drug-likeness (QED) is 0.0347. The molecule has 6 N–H and O–H groups in total. The van der Waals surface area contributed by atoms with E-state index in [1.54, 1.807) is 62.6 Å². The van der Waals surface area contributed by atoms with Crippen LogP contribution in [0.15, 0.2) is 73.1 Å². The molecule has 6 aromatic rings. The van der Waals surface area contributed by atoms with Crippen molar-refractivity contribution in [3.05, 3.63) is 129 Å². The monoisotopic (exact) mass is 1200 g/mol. The van der Waals surface area contributed by atoms with Crippen molar-refractivity contribution in [1.82, 2.24) is 29.7 Å². The second kappa shape index (κ2) is 24.9. The molecule has 0 unspecified atom stereocenters. The fourth-order valence-electron chi connectivity index (χ4n) is 11.1. The molecule has 2 fully saturated rings. The zero-order valence-electron chi connectivity index (χ0n) is 45.3. The number of carbonyl (C=O) groups excluding carboxylic acids is 2. The highest BCUT2D eigenvalue weighted by molar-refractivity contribution is 7.33. The highest BCUT2D eigenvalue weighted by Gasteiger charge is 2.40. The number of methoxy groups -OCH3 is 2. The largest absolute Gasteiger partial charge is 0.495 e. The Morgan fingerprint density at radius 1 is 0.578 bits per heavy atom. The van der Waals surface area contributed by atoms with E-state index in [-0.39, 0.29) is 132 Å². The van der Waals surface area contributed by atoms with E-state index < -0.39 is 43.4 Å². The third-order valence-corrected chi connectivity index (χ3v) is 16.1. The molecule has 83 heavy (non-hydrogen) atoms. The van der Waals surface area contributed by atoms with Crippen LogP contribution in [0.4, 0.5) is 72.6 Å². The van der Waals surface area contributed by atoms with Crippen molar-refractivity contribution in [2.24, 2.45) is 0 Å². The molecule has 2 aliphatic heterocycles. The van der Waals surface area contributed by atoms with Gasteiger partial charge in [0.2, 0.25) is 11.9 Å². The zero-order chi connectivity index (χ0) is 58.2. The summed E-state index contributed by atoms with van der Waals surface area (Å²) >= 11 is 0. The molecule has 442 valence electrons. The van der Waals surface area contributed by atoms with E-state index in [9.17, 15) is 50.7 Å². The van der Waals surface area contributed by atoms with Crippen molar-refractivity contribution in [3.8, 4) is 11.5 Å². The number of nitrogens with zero attached hydrogens (tertiary/aromatic N) is 6. The fraction of sp³-hybridized carbons (Fsp3) is 0.393. The van der Waals surface area contributed by atoms with Crippen molar-refractivity contribution in [2.45, 2.75) is 114 Å². The van der Waals surface area contributed by atoms with Gasteiger partial charge in [-0.25, -0.2) is 9.97 Å². The van der Waals surface area contributed by atoms with E-state index in [2.05, 4.69) is 41.2 Å². The van der Waals surface area contributed by atoms with Crippen molar-refractivity contribution >= 4 is 78.8 Å². The lowest BCUT2D eigenvalue weighted by Gasteiger charge is -2.27. The minimum absolute atomic E-state index is 0. The molecule has 0 radical (unpaired) electrons. The molecule has 0 saturated heterocycles. The van der Waals surface area contributed by atoms with E-state index in [4.69, 9.17) is 18.5 Å². The van der Waals surface area contributed by atoms with E-state index >= 15 is 0 Å². The molecule has 2 aromatic heterocycles. The van der Waals surface area contributed by atoms with Crippen LogP contribution in [-0.2, 0) is 52.3 Å². The number of rotatable bonds is 18. The number of alkyl halides is 6. The third-order valence-electron chi connectivity index (χ3n) is 15.3. The van der Waals surface area contributed by atoms with Crippen LogP contribution in [-0.4, -0.2) is 92.3 Å². The Balaban J connectivity index is 0.00000828. The lowest BCUT2D eigenvalue weighted by molar-refractivity contribution is -0.138. The number of benzene rings is 4. The number of nitrogens with one attached hydrogen (secondary N) is 4. The molecule has 19 nitrogen and oxygen atoms in total. The summed E-state index contributed by atoms with van der Waals surface area (Å²) in [6.45, 7) is 0.158. The number of halogens is 7. The number of anilines is 8. The number of carbonyl (C=O) groups is 2. The number of hydrogen-bond donors (Lipinski definition) is 6. The molecular weight excluding hydrogens is 1140 g/mol. The van der Waals surface area contributed by atoms with Crippen LogP contribution in [0, 0.1) is 0 Å². The van der Waals surface area contributed by atoms with Crippen LogP contribution in [0.5, 0.6) is 11.5 Å². The molecule has 0 bridgehead atoms. The first-order valence-corrected chi connectivity index (χ1v) is 27.7. The molecule has 2 amide bonds. The molecule has 4 heterocycles. The van der Waals surface area contributed by atoms with E-state index in [0.29, 0.717) is 49.2 Å². The average Bonchev–Trinajstić information content (AvgIpc) is 2.91. The Labute approximate surface area is 479 Å².